The lowest BCUT2D eigenvalue weighted by molar-refractivity contribution is -0.137. The third-order valence-electron chi connectivity index (χ3n) is 5.06. The van der Waals surface area contributed by atoms with Crippen LogP contribution in [-0.4, -0.2) is 30.4 Å². The quantitative estimate of drug-likeness (QED) is 0.690. The second-order valence-electron chi connectivity index (χ2n) is 7.18. The highest BCUT2D eigenvalue weighted by molar-refractivity contribution is 5.76. The molecule has 26 heavy (non-hydrogen) atoms. The van der Waals surface area contributed by atoms with Gasteiger partial charge in [-0.05, 0) is 62.6 Å². The Morgan fingerprint density at radius 3 is 2.77 bits per heavy atom. The van der Waals surface area contributed by atoms with E-state index in [0.717, 1.165) is 57.7 Å². The number of rotatable bonds is 8. The molecule has 0 saturated carbocycles. The number of nitrogens with zero attached hydrogens (tertiary/aromatic N) is 1. The molecule has 6 heteroatoms. The van der Waals surface area contributed by atoms with E-state index in [1.165, 1.54) is 12.1 Å². The Balaban J connectivity index is 1.80. The number of piperidine rings is 1. The number of carbonyl (C=O) groups is 1. The summed E-state index contributed by atoms with van der Waals surface area (Å²) < 4.78 is 38.4. The van der Waals surface area contributed by atoms with Gasteiger partial charge in [0.2, 0.25) is 5.91 Å². The molecule has 2 rings (SSSR count). The van der Waals surface area contributed by atoms with Crippen LogP contribution in [0.15, 0.2) is 24.3 Å². The number of hydrogen-bond donors (Lipinski definition) is 1. The van der Waals surface area contributed by atoms with Crippen molar-refractivity contribution in [2.24, 2.45) is 11.7 Å². The van der Waals surface area contributed by atoms with E-state index in [1.54, 1.807) is 6.07 Å². The maximum atomic E-state index is 12.8. The molecule has 146 valence electrons. The number of amides is 1. The van der Waals surface area contributed by atoms with E-state index >= 15 is 0 Å². The van der Waals surface area contributed by atoms with Gasteiger partial charge in [-0.2, -0.15) is 13.2 Å². The second kappa shape index (κ2) is 9.95. The van der Waals surface area contributed by atoms with Gasteiger partial charge in [0.25, 0.3) is 0 Å². The summed E-state index contributed by atoms with van der Waals surface area (Å²) in [7, 11) is 0. The van der Waals surface area contributed by atoms with E-state index in [9.17, 15) is 18.0 Å². The van der Waals surface area contributed by atoms with Crippen LogP contribution in [0.4, 0.5) is 13.2 Å². The third-order valence-corrected chi connectivity index (χ3v) is 5.06. The largest absolute Gasteiger partial charge is 0.416 e. The first-order valence-electron chi connectivity index (χ1n) is 9.54. The zero-order valence-electron chi connectivity index (χ0n) is 15.2. The van der Waals surface area contributed by atoms with E-state index in [0.29, 0.717) is 30.9 Å². The molecule has 0 aliphatic carbocycles. The minimum Gasteiger partial charge on any atom is -0.342 e. The first kappa shape index (κ1) is 20.7. The summed E-state index contributed by atoms with van der Waals surface area (Å²) in [4.78, 5) is 14.2. The molecule has 1 aliphatic rings. The number of benzene rings is 1. The van der Waals surface area contributed by atoms with Crippen molar-refractivity contribution in [1.29, 1.82) is 0 Å². The van der Waals surface area contributed by atoms with Crippen LogP contribution in [0.1, 0.15) is 56.1 Å². The Morgan fingerprint density at radius 2 is 2.04 bits per heavy atom. The van der Waals surface area contributed by atoms with Crippen molar-refractivity contribution in [3.63, 3.8) is 0 Å². The van der Waals surface area contributed by atoms with Crippen LogP contribution in [0.25, 0.3) is 0 Å². The van der Waals surface area contributed by atoms with Gasteiger partial charge in [-0.3, -0.25) is 4.79 Å². The summed E-state index contributed by atoms with van der Waals surface area (Å²) in [5, 5.41) is 0. The monoisotopic (exact) mass is 370 g/mol. The molecular weight excluding hydrogens is 341 g/mol. The molecule has 1 atom stereocenters. The van der Waals surface area contributed by atoms with Crippen molar-refractivity contribution in [2.75, 3.05) is 19.6 Å². The molecular formula is C20H29F3N2O. The molecule has 1 aromatic carbocycles. The van der Waals surface area contributed by atoms with Crippen molar-refractivity contribution in [2.45, 2.75) is 57.5 Å². The van der Waals surface area contributed by atoms with Crippen LogP contribution in [0, 0.1) is 5.92 Å². The predicted octanol–water partition coefficient (Wildman–Crippen LogP) is 4.40. The SMILES string of the molecule is NCCCCCC(=O)N1CCCC(CCc2cccc(C(F)(F)F)c2)C1. The van der Waals surface area contributed by atoms with Gasteiger partial charge >= 0.3 is 6.18 Å². The fourth-order valence-electron chi connectivity index (χ4n) is 3.56. The van der Waals surface area contributed by atoms with E-state index < -0.39 is 11.7 Å². The Kier molecular flexibility index (Phi) is 7.94. The summed E-state index contributed by atoms with van der Waals surface area (Å²) in [6, 6.07) is 5.56. The average molecular weight is 370 g/mol. The van der Waals surface area contributed by atoms with E-state index in [2.05, 4.69) is 0 Å². The summed E-state index contributed by atoms with van der Waals surface area (Å²) in [5.74, 6) is 0.567. The number of nitrogens with two attached hydrogens (primary N) is 1. The molecule has 0 spiro atoms. The van der Waals surface area contributed by atoms with E-state index in [-0.39, 0.29) is 5.91 Å². The van der Waals surface area contributed by atoms with Crippen molar-refractivity contribution < 1.29 is 18.0 Å². The highest BCUT2D eigenvalue weighted by Crippen LogP contribution is 2.30. The molecule has 3 nitrogen and oxygen atoms in total. The molecule has 0 radical (unpaired) electrons. The van der Waals surface area contributed by atoms with Gasteiger partial charge in [-0.15, -0.1) is 0 Å². The molecule has 1 fully saturated rings. The predicted molar refractivity (Wildman–Crippen MR) is 96.6 cm³/mol. The highest BCUT2D eigenvalue weighted by atomic mass is 19.4. The molecule has 2 N–H and O–H groups in total. The van der Waals surface area contributed by atoms with Crippen molar-refractivity contribution >= 4 is 5.91 Å². The minimum absolute atomic E-state index is 0.200. The second-order valence-corrected chi connectivity index (χ2v) is 7.18. The van der Waals surface area contributed by atoms with E-state index in [1.807, 2.05) is 4.90 Å². The summed E-state index contributed by atoms with van der Waals surface area (Å²) in [6.45, 7) is 2.19. The van der Waals surface area contributed by atoms with Gasteiger partial charge in [0.15, 0.2) is 0 Å². The molecule has 1 aliphatic heterocycles. The topological polar surface area (TPSA) is 46.3 Å². The molecule has 0 aromatic heterocycles. The fraction of sp³-hybridized carbons (Fsp3) is 0.650. The molecule has 1 aromatic rings. The molecule has 1 amide bonds. The van der Waals surface area contributed by atoms with Crippen LogP contribution in [-0.2, 0) is 17.4 Å². The summed E-state index contributed by atoms with van der Waals surface area (Å²) in [6.07, 6.45) is 2.53. The lowest BCUT2D eigenvalue weighted by Gasteiger charge is -2.33. The van der Waals surface area contributed by atoms with Crippen LogP contribution in [0.3, 0.4) is 0 Å². The van der Waals surface area contributed by atoms with Crippen LogP contribution < -0.4 is 5.73 Å². The Morgan fingerprint density at radius 1 is 1.23 bits per heavy atom. The zero-order valence-corrected chi connectivity index (χ0v) is 15.2. The van der Waals surface area contributed by atoms with Gasteiger partial charge in [-0.1, -0.05) is 24.6 Å². The maximum absolute atomic E-state index is 12.8. The highest BCUT2D eigenvalue weighted by Gasteiger charge is 2.30. The Labute approximate surface area is 153 Å². The number of hydrogen-bond acceptors (Lipinski definition) is 2. The van der Waals surface area contributed by atoms with Crippen molar-refractivity contribution in [3.8, 4) is 0 Å². The number of likely N-dealkylation sites (tertiary alicyclic amines) is 1. The number of carbonyl (C=O) groups excluding carboxylic acids is 1. The van der Waals surface area contributed by atoms with Gasteiger partial charge in [0.05, 0.1) is 5.56 Å². The number of halogens is 3. The van der Waals surface area contributed by atoms with Gasteiger partial charge < -0.3 is 10.6 Å². The zero-order chi connectivity index (χ0) is 19.0. The first-order chi connectivity index (χ1) is 12.4. The smallest absolute Gasteiger partial charge is 0.342 e. The summed E-state index contributed by atoms with van der Waals surface area (Å²) >= 11 is 0. The van der Waals surface area contributed by atoms with Crippen molar-refractivity contribution in [3.05, 3.63) is 35.4 Å². The third kappa shape index (κ3) is 6.63. The van der Waals surface area contributed by atoms with E-state index in [4.69, 9.17) is 5.73 Å². The fourth-order valence-corrected chi connectivity index (χ4v) is 3.56. The Bertz CT molecular complexity index is 574. The number of alkyl halides is 3. The van der Waals surface area contributed by atoms with Crippen LogP contribution in [0.5, 0.6) is 0 Å². The minimum atomic E-state index is -4.30. The lowest BCUT2D eigenvalue weighted by atomic mass is 9.91. The van der Waals surface area contributed by atoms with Gasteiger partial charge in [0.1, 0.15) is 0 Å². The molecule has 1 heterocycles. The number of unbranched alkanes of at least 4 members (excludes halogenated alkanes) is 2. The van der Waals surface area contributed by atoms with Gasteiger partial charge in [0, 0.05) is 19.5 Å². The summed E-state index contributed by atoms with van der Waals surface area (Å²) in [5.41, 5.74) is 5.59. The molecule has 0 bridgehead atoms. The van der Waals surface area contributed by atoms with Crippen molar-refractivity contribution in [1.82, 2.24) is 4.90 Å². The normalized spacial score (nSPS) is 18.2. The first-order valence-corrected chi connectivity index (χ1v) is 9.54. The van der Waals surface area contributed by atoms with Crippen LogP contribution in [0.2, 0.25) is 0 Å². The average Bonchev–Trinajstić information content (AvgIpc) is 2.63. The standard InChI is InChI=1S/C20H29F3N2O/c21-20(22,23)18-8-4-6-16(14-18)10-11-17-7-5-13-25(15-17)19(26)9-2-1-3-12-24/h4,6,8,14,17H,1-3,5,7,9-13,15,24H2. The van der Waals surface area contributed by atoms with Crippen LogP contribution >= 0.6 is 0 Å². The lowest BCUT2D eigenvalue weighted by Crippen LogP contribution is -2.39. The Hall–Kier alpha value is -1.56. The van der Waals surface area contributed by atoms with Gasteiger partial charge in [-0.25, -0.2) is 0 Å². The number of aryl methyl sites for hydroxylation is 1. The maximum Gasteiger partial charge on any atom is 0.416 e. The molecule has 1 unspecified atom stereocenters. The molecule has 1 saturated heterocycles.